The van der Waals surface area contributed by atoms with E-state index in [4.69, 9.17) is 29.2 Å². The Morgan fingerprint density at radius 3 is 2.68 bits per heavy atom. The summed E-state index contributed by atoms with van der Waals surface area (Å²) < 4.78 is 20.9. The van der Waals surface area contributed by atoms with Crippen LogP contribution in [0.1, 0.15) is 102 Å². The van der Waals surface area contributed by atoms with E-state index in [-0.39, 0.29) is 54.3 Å². The first-order valence-corrected chi connectivity index (χ1v) is 24.1. The van der Waals surface area contributed by atoms with Gasteiger partial charge in [0.1, 0.15) is 23.2 Å². The molecule has 65 heavy (non-hydrogen) atoms. The van der Waals surface area contributed by atoms with E-state index in [1.807, 2.05) is 62.5 Å². The number of aromatic nitrogens is 3. The molecule has 9 atom stereocenters. The predicted octanol–water partition coefficient (Wildman–Crippen LogP) is 8.11. The van der Waals surface area contributed by atoms with Gasteiger partial charge in [-0.2, -0.15) is 0 Å². The zero-order chi connectivity index (χ0) is 45.7. The standard InChI is InChI=1S/C51H61N7O6S/c1-9-57-39-22-20-32-25-34(39)35(45(57)33-16-13-23-52-42(33)29(4)62-8)26-51(6,7)27-64-50(61)38-18-14-24-58(56-38)49(60)44(46(63-10-2)48-55-43(32)30(5)65-48)54-47(59)41-28(3)40(41)37-21-19-31-15-11-12-17-36(31)53-37/h11-13,15-17,19-23,25,28-30,38,40-41,43-44,46,56H,9-10,14,18,24,26-27H2,1-8H3,(H,54,59)/t28-,29-,30?,38-,40-,41+,43?,44-,46-/m0/s1. The molecule has 2 amide bonds. The summed E-state index contributed by atoms with van der Waals surface area (Å²) in [4.78, 5) is 58.7. The van der Waals surface area contributed by atoms with Crippen LogP contribution in [0.3, 0.4) is 0 Å². The number of methoxy groups -OCH3 is 1. The Labute approximate surface area is 385 Å². The number of benzene rings is 2. The Hall–Kier alpha value is -5.15. The van der Waals surface area contributed by atoms with Crippen LogP contribution in [0, 0.1) is 17.3 Å². The van der Waals surface area contributed by atoms with Crippen LogP contribution in [0.25, 0.3) is 33.1 Å². The molecule has 6 heterocycles. The Balaban J connectivity index is 1.14. The quantitative estimate of drug-likeness (QED) is 0.139. The minimum Gasteiger partial charge on any atom is -0.464 e. The molecule has 2 unspecified atom stereocenters. The number of nitrogens with one attached hydrogen (secondary N) is 2. The van der Waals surface area contributed by atoms with Gasteiger partial charge in [-0.15, -0.1) is 11.8 Å². The molecule has 2 N–H and O–H groups in total. The zero-order valence-corrected chi connectivity index (χ0v) is 39.5. The number of cyclic esters (lactones) is 1. The fourth-order valence-corrected chi connectivity index (χ4v) is 11.5. The van der Waals surface area contributed by atoms with E-state index in [1.165, 1.54) is 5.01 Å². The van der Waals surface area contributed by atoms with Crippen LogP contribution >= 0.6 is 11.8 Å². The normalized spacial score (nSPS) is 27.3. The van der Waals surface area contributed by atoms with Crippen molar-refractivity contribution >= 4 is 56.4 Å². The molecular weight excluding hydrogens is 839 g/mol. The highest BCUT2D eigenvalue weighted by molar-refractivity contribution is 8.14. The number of para-hydroxylation sites is 1. The lowest BCUT2D eigenvalue weighted by Gasteiger charge is -2.37. The highest BCUT2D eigenvalue weighted by Crippen LogP contribution is 2.53. The summed E-state index contributed by atoms with van der Waals surface area (Å²) >= 11 is 1.58. The van der Waals surface area contributed by atoms with Gasteiger partial charge >= 0.3 is 5.97 Å². The molecule has 3 aromatic heterocycles. The number of hydrogen-bond acceptors (Lipinski definition) is 11. The number of thioether (sulfide) groups is 1. The van der Waals surface area contributed by atoms with E-state index in [0.29, 0.717) is 37.4 Å². The van der Waals surface area contributed by atoms with Crippen molar-refractivity contribution in [3.63, 3.8) is 0 Å². The molecule has 0 spiro atoms. The second kappa shape index (κ2) is 18.3. The van der Waals surface area contributed by atoms with Gasteiger partial charge in [-0.3, -0.25) is 34.4 Å². The van der Waals surface area contributed by atoms with Crippen molar-refractivity contribution in [3.8, 4) is 11.3 Å². The topological polar surface area (TPSA) is 149 Å². The van der Waals surface area contributed by atoms with Crippen LogP contribution in [-0.4, -0.2) is 92.7 Å². The average Bonchev–Trinajstić information content (AvgIpc) is 3.70. The zero-order valence-electron chi connectivity index (χ0n) is 38.7. The third-order valence-corrected chi connectivity index (χ3v) is 15.0. The molecule has 4 aliphatic rings. The Kier molecular flexibility index (Phi) is 12.6. The molecule has 14 heteroatoms. The second-order valence-electron chi connectivity index (χ2n) is 18.9. The summed E-state index contributed by atoms with van der Waals surface area (Å²) in [6.07, 6.45) is 2.36. The number of rotatable bonds is 9. The van der Waals surface area contributed by atoms with E-state index in [9.17, 15) is 14.4 Å². The number of pyridine rings is 2. The lowest BCUT2D eigenvalue weighted by atomic mass is 9.84. The molecule has 6 bridgehead atoms. The molecule has 2 aromatic carbocycles. The van der Waals surface area contributed by atoms with Gasteiger partial charge in [-0.25, -0.2) is 5.43 Å². The molecular formula is C51H61N7O6S. The number of aryl methyl sites for hydroxylation is 1. The number of aliphatic imine (C=N–C) groups is 1. The van der Waals surface area contributed by atoms with Crippen LogP contribution in [0.15, 0.2) is 77.9 Å². The van der Waals surface area contributed by atoms with Crippen LogP contribution in [0.4, 0.5) is 0 Å². The van der Waals surface area contributed by atoms with Crippen molar-refractivity contribution in [2.24, 2.45) is 22.2 Å². The molecule has 9 rings (SSSR count). The molecule has 2 fully saturated rings. The smallest absolute Gasteiger partial charge is 0.324 e. The summed E-state index contributed by atoms with van der Waals surface area (Å²) in [5.74, 6) is -1.53. The summed E-state index contributed by atoms with van der Waals surface area (Å²) in [5, 5.41) is 7.45. The van der Waals surface area contributed by atoms with Gasteiger partial charge < -0.3 is 24.1 Å². The van der Waals surface area contributed by atoms with E-state index < -0.39 is 35.5 Å². The number of ether oxygens (including phenoxy) is 3. The number of carbonyl (C=O) groups is 3. The van der Waals surface area contributed by atoms with Crippen molar-refractivity contribution in [1.29, 1.82) is 0 Å². The van der Waals surface area contributed by atoms with E-state index in [0.717, 1.165) is 55.6 Å². The fraction of sp³-hybridized carbons (Fsp3) is 0.490. The fourth-order valence-electron chi connectivity index (χ4n) is 10.3. The van der Waals surface area contributed by atoms with Gasteiger partial charge in [-0.1, -0.05) is 58.0 Å². The molecule has 1 saturated carbocycles. The highest BCUT2D eigenvalue weighted by atomic mass is 32.2. The van der Waals surface area contributed by atoms with Crippen LogP contribution in [0.5, 0.6) is 0 Å². The van der Waals surface area contributed by atoms with E-state index in [1.54, 1.807) is 18.9 Å². The third kappa shape index (κ3) is 8.58. The van der Waals surface area contributed by atoms with Gasteiger partial charge in [0.25, 0.3) is 5.91 Å². The Morgan fingerprint density at radius 2 is 1.89 bits per heavy atom. The SMILES string of the molecule is CCO[C@@H]1C2=NC(c3ccc4c(c3)c(c(-c3cccnc3[C@H](C)OC)n4CC)CC(C)(C)COC(=O)[C@@H]3CCCN(N3)C(=O)[C@H]1NC(=O)[C@@H]1[C@@H](C)[C@H]1c1ccc3ccccc3n1)C(C)S2. The van der Waals surface area contributed by atoms with Crippen LogP contribution < -0.4 is 10.7 Å². The highest BCUT2D eigenvalue weighted by Gasteiger charge is 2.55. The first kappa shape index (κ1) is 45.0. The van der Waals surface area contributed by atoms with Gasteiger partial charge in [0, 0.05) is 83.1 Å². The van der Waals surface area contributed by atoms with Crippen LogP contribution in [-0.2, 0) is 41.6 Å². The van der Waals surface area contributed by atoms with E-state index >= 15 is 0 Å². The maximum atomic E-state index is 15.0. The monoisotopic (exact) mass is 899 g/mol. The molecule has 5 aromatic rings. The third-order valence-electron chi connectivity index (χ3n) is 13.8. The molecule has 1 aliphatic carbocycles. The number of fused-ring (bicyclic) bond motifs is 6. The van der Waals surface area contributed by atoms with Gasteiger partial charge in [0.15, 0.2) is 0 Å². The maximum Gasteiger partial charge on any atom is 0.324 e. The molecule has 0 radical (unpaired) electrons. The summed E-state index contributed by atoms with van der Waals surface area (Å²) in [5.41, 5.74) is 10.7. The predicted molar refractivity (Wildman–Crippen MR) is 254 cm³/mol. The van der Waals surface area contributed by atoms with Crippen molar-refractivity contribution in [2.45, 2.75) is 116 Å². The average molecular weight is 900 g/mol. The number of hydrazine groups is 1. The van der Waals surface area contributed by atoms with Gasteiger partial charge in [0.05, 0.1) is 35.7 Å². The number of hydrogen-bond donors (Lipinski definition) is 2. The summed E-state index contributed by atoms with van der Waals surface area (Å²) in [6.45, 7) is 16.0. The van der Waals surface area contributed by atoms with E-state index in [2.05, 4.69) is 74.2 Å². The minimum absolute atomic E-state index is 0.00521. The largest absolute Gasteiger partial charge is 0.464 e. The number of amides is 2. The second-order valence-corrected chi connectivity index (χ2v) is 20.3. The van der Waals surface area contributed by atoms with Gasteiger partial charge in [-0.05, 0) is 93.5 Å². The Bertz CT molecular complexity index is 2660. The molecule has 1 saturated heterocycles. The van der Waals surface area contributed by atoms with Crippen LogP contribution in [0.2, 0.25) is 0 Å². The number of esters is 1. The summed E-state index contributed by atoms with van der Waals surface area (Å²) in [7, 11) is 1.70. The van der Waals surface area contributed by atoms with Crippen molar-refractivity contribution in [2.75, 3.05) is 26.9 Å². The Morgan fingerprint density at radius 1 is 1.08 bits per heavy atom. The number of carbonyl (C=O) groups excluding carboxylic acids is 3. The van der Waals surface area contributed by atoms with Crippen molar-refractivity contribution in [1.82, 2.24) is 30.3 Å². The maximum absolute atomic E-state index is 15.0. The van der Waals surface area contributed by atoms with Crippen molar-refractivity contribution in [3.05, 3.63) is 95.4 Å². The lowest BCUT2D eigenvalue weighted by molar-refractivity contribution is -0.156. The number of nitrogens with zero attached hydrogens (tertiary/aromatic N) is 5. The molecule has 342 valence electrons. The molecule has 13 nitrogen and oxygen atoms in total. The molecule has 3 aliphatic heterocycles. The summed E-state index contributed by atoms with van der Waals surface area (Å²) in [6, 6.07) is 20.6. The van der Waals surface area contributed by atoms with Crippen molar-refractivity contribution < 1.29 is 28.6 Å². The van der Waals surface area contributed by atoms with Gasteiger partial charge in [0.2, 0.25) is 5.91 Å². The first-order valence-electron chi connectivity index (χ1n) is 23.2. The minimum atomic E-state index is -1.13. The first-order chi connectivity index (χ1) is 31.3. The lowest BCUT2D eigenvalue weighted by Crippen LogP contribution is -2.63.